The van der Waals surface area contributed by atoms with Gasteiger partial charge in [0.1, 0.15) is 0 Å². The summed E-state index contributed by atoms with van der Waals surface area (Å²) in [6.07, 6.45) is 1.96. The molecule has 2 fully saturated rings. The summed E-state index contributed by atoms with van der Waals surface area (Å²) in [5.41, 5.74) is 1.57. The van der Waals surface area contributed by atoms with Gasteiger partial charge in [-0.3, -0.25) is 4.79 Å². The van der Waals surface area contributed by atoms with Crippen LogP contribution in [0.25, 0.3) is 0 Å². The van der Waals surface area contributed by atoms with Crippen molar-refractivity contribution in [3.8, 4) is 0 Å². The minimum atomic E-state index is -4.33. The Morgan fingerprint density at radius 3 is 2.65 bits per heavy atom. The quantitative estimate of drug-likeness (QED) is 0.824. The molecule has 0 spiro atoms. The van der Waals surface area contributed by atoms with Crippen molar-refractivity contribution >= 4 is 17.7 Å². The number of likely N-dealkylation sites (tertiary alicyclic amines) is 1. The second kappa shape index (κ2) is 4.68. The van der Waals surface area contributed by atoms with Gasteiger partial charge in [0.25, 0.3) is 0 Å². The van der Waals surface area contributed by atoms with Crippen LogP contribution in [0.4, 0.5) is 13.2 Å². The Morgan fingerprint density at radius 1 is 1.35 bits per heavy atom. The van der Waals surface area contributed by atoms with E-state index in [2.05, 4.69) is 0 Å². The summed E-state index contributed by atoms with van der Waals surface area (Å²) in [4.78, 5) is 13.1. The zero-order valence-electron chi connectivity index (χ0n) is 9.24. The summed E-state index contributed by atoms with van der Waals surface area (Å²) in [7, 11) is 0. The Balaban J connectivity index is 1.83. The lowest BCUT2D eigenvalue weighted by molar-refractivity contribution is -0.127. The average Bonchev–Trinajstić information content (AvgIpc) is 2.77. The summed E-state index contributed by atoms with van der Waals surface area (Å²) in [5.74, 6) is -0.258. The largest absolute Gasteiger partial charge is 0.442 e. The Kier molecular flexibility index (Phi) is 3.58. The van der Waals surface area contributed by atoms with E-state index in [1.54, 1.807) is 0 Å². The van der Waals surface area contributed by atoms with Gasteiger partial charge in [-0.25, -0.2) is 0 Å². The first-order chi connectivity index (χ1) is 7.87. The molecule has 1 heterocycles. The van der Waals surface area contributed by atoms with Crippen LogP contribution >= 0.6 is 11.8 Å². The van der Waals surface area contributed by atoms with Gasteiger partial charge in [0.2, 0.25) is 5.91 Å². The number of nitrogens with two attached hydrogens (primary N) is 1. The van der Waals surface area contributed by atoms with Crippen LogP contribution in [0.5, 0.6) is 0 Å². The molecule has 3 unspecified atom stereocenters. The summed E-state index contributed by atoms with van der Waals surface area (Å²) in [5, 5.41) is 0. The highest BCUT2D eigenvalue weighted by atomic mass is 32.2. The predicted octanol–water partition coefficient (Wildman–Crippen LogP) is 1.44. The molecule has 1 amide bonds. The van der Waals surface area contributed by atoms with E-state index in [-0.39, 0.29) is 23.7 Å². The van der Waals surface area contributed by atoms with Gasteiger partial charge in [-0.05, 0) is 36.4 Å². The number of hydrogen-bond donors (Lipinski definition) is 1. The third-order valence-corrected chi connectivity index (χ3v) is 4.34. The zero-order chi connectivity index (χ0) is 12.6. The van der Waals surface area contributed by atoms with Crippen molar-refractivity contribution in [2.75, 3.05) is 18.8 Å². The van der Waals surface area contributed by atoms with Crippen LogP contribution in [-0.2, 0) is 4.79 Å². The SMILES string of the molecule is NC1CCC2CN(C(=O)CSC(F)(F)F)CC12. The smallest absolute Gasteiger partial charge is 0.341 e. The number of nitrogens with zero attached hydrogens (tertiary/aromatic N) is 1. The van der Waals surface area contributed by atoms with Crippen molar-refractivity contribution in [3.63, 3.8) is 0 Å². The second-order valence-electron chi connectivity index (χ2n) is 4.70. The molecule has 2 N–H and O–H groups in total. The third-order valence-electron chi connectivity index (χ3n) is 3.62. The number of hydrogen-bond acceptors (Lipinski definition) is 3. The molecule has 1 saturated carbocycles. The van der Waals surface area contributed by atoms with Crippen LogP contribution in [0.3, 0.4) is 0 Å². The minimum Gasteiger partial charge on any atom is -0.341 e. The van der Waals surface area contributed by atoms with Gasteiger partial charge in [-0.2, -0.15) is 13.2 Å². The van der Waals surface area contributed by atoms with Crippen LogP contribution in [0, 0.1) is 11.8 Å². The highest BCUT2D eigenvalue weighted by molar-refractivity contribution is 8.00. The van der Waals surface area contributed by atoms with E-state index in [9.17, 15) is 18.0 Å². The Hall–Kier alpha value is -0.430. The van der Waals surface area contributed by atoms with Crippen LogP contribution in [0.2, 0.25) is 0 Å². The molecule has 1 saturated heterocycles. The van der Waals surface area contributed by atoms with E-state index < -0.39 is 17.2 Å². The van der Waals surface area contributed by atoms with Gasteiger partial charge in [0.05, 0.1) is 5.75 Å². The van der Waals surface area contributed by atoms with E-state index >= 15 is 0 Å². The van der Waals surface area contributed by atoms with E-state index in [1.807, 2.05) is 0 Å². The van der Waals surface area contributed by atoms with Crippen molar-refractivity contribution < 1.29 is 18.0 Å². The van der Waals surface area contributed by atoms with Crippen LogP contribution in [0.15, 0.2) is 0 Å². The maximum absolute atomic E-state index is 12.0. The fraction of sp³-hybridized carbons (Fsp3) is 0.900. The molecule has 7 heteroatoms. The van der Waals surface area contributed by atoms with E-state index in [1.165, 1.54) is 4.90 Å². The van der Waals surface area contributed by atoms with E-state index in [4.69, 9.17) is 5.73 Å². The minimum absolute atomic E-state index is 0.105. The van der Waals surface area contributed by atoms with E-state index in [0.29, 0.717) is 19.0 Å². The molecule has 1 aliphatic heterocycles. The lowest BCUT2D eigenvalue weighted by atomic mass is 9.98. The molecule has 3 nitrogen and oxygen atoms in total. The van der Waals surface area contributed by atoms with Crippen molar-refractivity contribution in [1.82, 2.24) is 4.90 Å². The molecule has 1 aliphatic carbocycles. The number of rotatable bonds is 2. The summed E-state index contributed by atoms with van der Waals surface area (Å²) in [6.45, 7) is 1.11. The molecule has 0 bridgehead atoms. The summed E-state index contributed by atoms with van der Waals surface area (Å²) in [6, 6.07) is 0.105. The molecular formula is C10H15F3N2OS. The lowest BCUT2D eigenvalue weighted by Gasteiger charge is -2.18. The van der Waals surface area contributed by atoms with Gasteiger partial charge < -0.3 is 10.6 Å². The number of carbonyl (C=O) groups excluding carboxylic acids is 1. The third kappa shape index (κ3) is 3.07. The van der Waals surface area contributed by atoms with Crippen molar-refractivity contribution in [2.45, 2.75) is 24.4 Å². The number of carbonyl (C=O) groups is 1. The fourth-order valence-corrected chi connectivity index (χ4v) is 3.22. The van der Waals surface area contributed by atoms with Gasteiger partial charge in [0, 0.05) is 19.1 Å². The van der Waals surface area contributed by atoms with Gasteiger partial charge in [-0.1, -0.05) is 0 Å². The molecule has 2 rings (SSSR count). The monoisotopic (exact) mass is 268 g/mol. The first-order valence-corrected chi connectivity index (χ1v) is 6.59. The normalized spacial score (nSPS) is 32.9. The molecule has 17 heavy (non-hydrogen) atoms. The van der Waals surface area contributed by atoms with Gasteiger partial charge >= 0.3 is 5.51 Å². The number of amides is 1. The first kappa shape index (κ1) is 13.0. The summed E-state index contributed by atoms with van der Waals surface area (Å²) < 4.78 is 35.9. The zero-order valence-corrected chi connectivity index (χ0v) is 10.1. The molecule has 0 aromatic carbocycles. The fourth-order valence-electron chi connectivity index (χ4n) is 2.75. The van der Waals surface area contributed by atoms with Crippen LogP contribution in [-0.4, -0.2) is 41.2 Å². The van der Waals surface area contributed by atoms with Crippen molar-refractivity contribution in [3.05, 3.63) is 0 Å². The molecule has 0 aromatic heterocycles. The second-order valence-corrected chi connectivity index (χ2v) is 5.74. The molecule has 0 aromatic rings. The average molecular weight is 268 g/mol. The lowest BCUT2D eigenvalue weighted by Crippen LogP contribution is -2.34. The van der Waals surface area contributed by atoms with Crippen molar-refractivity contribution in [1.29, 1.82) is 0 Å². The standard InChI is InChI=1S/C10H15F3N2OS/c11-10(12,13)17-5-9(16)15-3-6-1-2-8(14)7(6)4-15/h6-8H,1-5,14H2. The van der Waals surface area contributed by atoms with Gasteiger partial charge in [-0.15, -0.1) is 0 Å². The van der Waals surface area contributed by atoms with E-state index in [0.717, 1.165) is 12.8 Å². The summed E-state index contributed by atoms with van der Waals surface area (Å²) >= 11 is -0.265. The molecular weight excluding hydrogens is 253 g/mol. The number of fused-ring (bicyclic) bond motifs is 1. The highest BCUT2D eigenvalue weighted by Crippen LogP contribution is 2.38. The number of halogens is 3. The Labute approximate surface area is 102 Å². The predicted molar refractivity (Wildman–Crippen MR) is 59.3 cm³/mol. The Morgan fingerprint density at radius 2 is 2.06 bits per heavy atom. The number of alkyl halides is 3. The van der Waals surface area contributed by atoms with Crippen LogP contribution < -0.4 is 5.73 Å². The maximum Gasteiger partial charge on any atom is 0.442 e. The molecule has 0 radical (unpaired) electrons. The Bertz CT molecular complexity index is 310. The van der Waals surface area contributed by atoms with Gasteiger partial charge in [0.15, 0.2) is 0 Å². The molecule has 2 aliphatic rings. The van der Waals surface area contributed by atoms with Crippen molar-refractivity contribution in [2.24, 2.45) is 17.6 Å². The first-order valence-electron chi connectivity index (χ1n) is 5.61. The highest BCUT2D eigenvalue weighted by Gasteiger charge is 2.42. The molecule has 3 atom stereocenters. The van der Waals surface area contributed by atoms with Crippen LogP contribution in [0.1, 0.15) is 12.8 Å². The molecule has 98 valence electrons. The number of thioether (sulfide) groups is 1. The maximum atomic E-state index is 12.0. The topological polar surface area (TPSA) is 46.3 Å².